The standard InChI is InChI=1S/C24H20Cl2N4O6S2/c1-35-21-11-15(3-7-19(21)29-37(31,32)17-5-9-23(25)27-13-17)16-4-8-20(22(12-16)36-2)30-38(33,34)18-6-10-24(26)28-14-18/h3-14,29-30H,1-2H3. The highest BCUT2D eigenvalue weighted by Crippen LogP contribution is 2.36. The van der Waals surface area contributed by atoms with E-state index in [-0.39, 0.29) is 43.0 Å². The third-order valence-corrected chi connectivity index (χ3v) is 8.39. The van der Waals surface area contributed by atoms with Crippen molar-refractivity contribution in [2.75, 3.05) is 23.7 Å². The molecule has 0 aliphatic rings. The quantitative estimate of drug-likeness (QED) is 0.256. The van der Waals surface area contributed by atoms with E-state index in [1.54, 1.807) is 36.4 Å². The SMILES string of the molecule is COc1cc(-c2ccc(NS(=O)(=O)c3ccc(Cl)nc3)c(OC)c2)ccc1NS(=O)(=O)c1ccc(Cl)nc1. The minimum Gasteiger partial charge on any atom is -0.495 e. The van der Waals surface area contributed by atoms with Gasteiger partial charge in [0.05, 0.1) is 25.6 Å². The normalized spacial score (nSPS) is 11.6. The summed E-state index contributed by atoms with van der Waals surface area (Å²) in [5.74, 6) is 0.513. The van der Waals surface area contributed by atoms with Crippen molar-refractivity contribution >= 4 is 54.6 Å². The molecule has 2 aromatic heterocycles. The lowest BCUT2D eigenvalue weighted by Gasteiger charge is -2.15. The van der Waals surface area contributed by atoms with Gasteiger partial charge in [-0.3, -0.25) is 9.44 Å². The Labute approximate surface area is 229 Å². The molecule has 0 bridgehead atoms. The summed E-state index contributed by atoms with van der Waals surface area (Å²) in [7, 11) is -5.08. The molecule has 10 nitrogen and oxygen atoms in total. The molecule has 2 N–H and O–H groups in total. The molecule has 0 spiro atoms. The van der Waals surface area contributed by atoms with Crippen molar-refractivity contribution in [2.45, 2.75) is 9.79 Å². The van der Waals surface area contributed by atoms with Crippen molar-refractivity contribution in [3.8, 4) is 22.6 Å². The van der Waals surface area contributed by atoms with E-state index in [2.05, 4.69) is 19.4 Å². The Hall–Kier alpha value is -3.58. The fourth-order valence-corrected chi connectivity index (χ4v) is 5.61. The van der Waals surface area contributed by atoms with E-state index < -0.39 is 20.0 Å². The van der Waals surface area contributed by atoms with Gasteiger partial charge in [0.15, 0.2) is 0 Å². The smallest absolute Gasteiger partial charge is 0.263 e. The topological polar surface area (TPSA) is 137 Å². The summed E-state index contributed by atoms with van der Waals surface area (Å²) in [6, 6.07) is 15.1. The fourth-order valence-electron chi connectivity index (χ4n) is 3.36. The summed E-state index contributed by atoms with van der Waals surface area (Å²) in [6.45, 7) is 0. The average Bonchev–Trinajstić information content (AvgIpc) is 2.89. The molecular weight excluding hydrogens is 575 g/mol. The number of nitrogens with zero attached hydrogens (tertiary/aromatic N) is 2. The number of ether oxygens (including phenoxy) is 2. The van der Waals surface area contributed by atoms with E-state index >= 15 is 0 Å². The molecule has 0 saturated heterocycles. The van der Waals surface area contributed by atoms with Gasteiger partial charge in [-0.15, -0.1) is 0 Å². The van der Waals surface area contributed by atoms with Crippen molar-refractivity contribution in [1.82, 2.24) is 9.97 Å². The largest absolute Gasteiger partial charge is 0.495 e. The third kappa shape index (κ3) is 6.10. The second-order valence-corrected chi connectivity index (χ2v) is 11.8. The van der Waals surface area contributed by atoms with Crippen molar-refractivity contribution in [3.05, 3.63) is 83.4 Å². The van der Waals surface area contributed by atoms with E-state index in [1.807, 2.05) is 0 Å². The molecule has 38 heavy (non-hydrogen) atoms. The minimum atomic E-state index is -3.95. The number of halogens is 2. The number of aromatic nitrogens is 2. The zero-order chi connectivity index (χ0) is 27.5. The number of benzene rings is 2. The first-order chi connectivity index (χ1) is 18.0. The molecule has 198 valence electrons. The molecule has 0 aliphatic heterocycles. The molecule has 0 fully saturated rings. The van der Waals surface area contributed by atoms with Crippen molar-refractivity contribution in [3.63, 3.8) is 0 Å². The van der Waals surface area contributed by atoms with E-state index in [0.717, 1.165) is 12.4 Å². The summed E-state index contributed by atoms with van der Waals surface area (Å²) in [5, 5.41) is 0.337. The highest BCUT2D eigenvalue weighted by Gasteiger charge is 2.20. The number of nitrogens with one attached hydrogen (secondary N) is 2. The first-order valence-electron chi connectivity index (χ1n) is 10.7. The van der Waals surface area contributed by atoms with Crippen LogP contribution in [0.3, 0.4) is 0 Å². The summed E-state index contributed by atoms with van der Waals surface area (Å²) in [4.78, 5) is 7.47. The Kier molecular flexibility index (Phi) is 7.97. The van der Waals surface area contributed by atoms with Crippen LogP contribution in [-0.2, 0) is 20.0 Å². The van der Waals surface area contributed by atoms with Crippen LogP contribution in [0, 0.1) is 0 Å². The highest BCUT2D eigenvalue weighted by molar-refractivity contribution is 7.93. The maximum absolute atomic E-state index is 12.8. The maximum atomic E-state index is 12.8. The van der Waals surface area contributed by atoms with Crippen molar-refractivity contribution in [1.29, 1.82) is 0 Å². The number of methoxy groups -OCH3 is 2. The fraction of sp³-hybridized carbons (Fsp3) is 0.0833. The Morgan fingerprint density at radius 1 is 0.632 bits per heavy atom. The van der Waals surface area contributed by atoms with Gasteiger partial charge in [0.25, 0.3) is 20.0 Å². The van der Waals surface area contributed by atoms with Crippen LogP contribution >= 0.6 is 23.2 Å². The molecular formula is C24H20Cl2N4O6S2. The number of anilines is 2. The average molecular weight is 595 g/mol. The van der Waals surface area contributed by atoms with Crippen molar-refractivity contribution < 1.29 is 26.3 Å². The third-order valence-electron chi connectivity index (χ3n) is 5.25. The molecule has 0 atom stereocenters. The second kappa shape index (κ2) is 11.0. The molecule has 0 unspecified atom stereocenters. The molecule has 2 aromatic carbocycles. The number of rotatable bonds is 9. The van der Waals surface area contributed by atoms with Gasteiger partial charge in [-0.1, -0.05) is 35.3 Å². The lowest BCUT2D eigenvalue weighted by atomic mass is 10.0. The first-order valence-corrected chi connectivity index (χ1v) is 14.4. The zero-order valence-corrected chi connectivity index (χ0v) is 23.0. The lowest BCUT2D eigenvalue weighted by Crippen LogP contribution is -2.14. The first kappa shape index (κ1) is 27.5. The molecule has 4 aromatic rings. The molecule has 4 rings (SSSR count). The summed E-state index contributed by atoms with van der Waals surface area (Å²) >= 11 is 11.5. The van der Waals surface area contributed by atoms with Crippen molar-refractivity contribution in [2.24, 2.45) is 0 Å². The van der Waals surface area contributed by atoms with Crippen LogP contribution < -0.4 is 18.9 Å². The number of hydrogen-bond acceptors (Lipinski definition) is 8. The Morgan fingerprint density at radius 2 is 1.03 bits per heavy atom. The molecule has 0 radical (unpaired) electrons. The summed E-state index contributed by atoms with van der Waals surface area (Å²) in [5.41, 5.74) is 1.73. The molecule has 0 amide bonds. The highest BCUT2D eigenvalue weighted by atomic mass is 35.5. The van der Waals surface area contributed by atoms with Gasteiger partial charge >= 0.3 is 0 Å². The molecule has 2 heterocycles. The van der Waals surface area contributed by atoms with Gasteiger partial charge in [-0.05, 0) is 59.7 Å². The van der Waals surface area contributed by atoms with Gasteiger partial charge in [-0.25, -0.2) is 26.8 Å². The lowest BCUT2D eigenvalue weighted by molar-refractivity contribution is 0.416. The van der Waals surface area contributed by atoms with Crippen LogP contribution in [0.15, 0.2) is 82.8 Å². The minimum absolute atomic E-state index is 0.0646. The predicted molar refractivity (Wildman–Crippen MR) is 145 cm³/mol. The monoisotopic (exact) mass is 594 g/mol. The van der Waals surface area contributed by atoms with Gasteiger partial charge in [0.2, 0.25) is 0 Å². The van der Waals surface area contributed by atoms with Crippen LogP contribution in [0.4, 0.5) is 11.4 Å². The Bertz CT molecular complexity index is 1560. The maximum Gasteiger partial charge on any atom is 0.263 e. The van der Waals surface area contributed by atoms with E-state index in [0.29, 0.717) is 11.1 Å². The van der Waals surface area contributed by atoms with Gasteiger partial charge in [0, 0.05) is 12.4 Å². The molecule has 14 heteroatoms. The molecule has 0 saturated carbocycles. The zero-order valence-electron chi connectivity index (χ0n) is 19.8. The van der Waals surface area contributed by atoms with Crippen LogP contribution in [-0.4, -0.2) is 41.0 Å². The van der Waals surface area contributed by atoms with Gasteiger partial charge in [0.1, 0.15) is 31.6 Å². The summed E-state index contributed by atoms with van der Waals surface area (Å²) < 4.78 is 66.8. The molecule has 0 aliphatic carbocycles. The Balaban J connectivity index is 1.61. The van der Waals surface area contributed by atoms with Crippen LogP contribution in [0.25, 0.3) is 11.1 Å². The van der Waals surface area contributed by atoms with Crippen LogP contribution in [0.2, 0.25) is 10.3 Å². The van der Waals surface area contributed by atoms with E-state index in [4.69, 9.17) is 32.7 Å². The van der Waals surface area contributed by atoms with Crippen LogP contribution in [0.5, 0.6) is 11.5 Å². The summed E-state index contributed by atoms with van der Waals surface area (Å²) in [6.07, 6.45) is 2.30. The van der Waals surface area contributed by atoms with E-state index in [9.17, 15) is 16.8 Å². The van der Waals surface area contributed by atoms with Gasteiger partial charge in [-0.2, -0.15) is 0 Å². The van der Waals surface area contributed by atoms with Gasteiger partial charge < -0.3 is 9.47 Å². The number of sulfonamides is 2. The Morgan fingerprint density at radius 3 is 1.34 bits per heavy atom. The predicted octanol–water partition coefficient (Wildman–Crippen LogP) is 5.07. The number of hydrogen-bond donors (Lipinski definition) is 2. The van der Waals surface area contributed by atoms with E-state index in [1.165, 1.54) is 38.5 Å². The number of pyridine rings is 2. The van der Waals surface area contributed by atoms with Crippen LogP contribution in [0.1, 0.15) is 0 Å². The second-order valence-electron chi connectivity index (χ2n) is 7.67.